The minimum atomic E-state index is -0.873. The van der Waals surface area contributed by atoms with Gasteiger partial charge in [0.25, 0.3) is 0 Å². The molecular weight excluding hydrogens is 332 g/mol. The molecule has 0 aliphatic heterocycles. The molecule has 8 heteroatoms. The number of amides is 2. The van der Waals surface area contributed by atoms with Crippen LogP contribution >= 0.6 is 11.8 Å². The molecule has 1 atom stereocenters. The minimum Gasteiger partial charge on any atom is -0.481 e. The third kappa shape index (κ3) is 10.0. The van der Waals surface area contributed by atoms with E-state index in [9.17, 15) is 14.0 Å². The Morgan fingerprint density at radius 2 is 2.29 bits per heavy atom. The average molecular weight is 355 g/mol. The van der Waals surface area contributed by atoms with Crippen LogP contribution in [-0.2, 0) is 10.5 Å². The van der Waals surface area contributed by atoms with Crippen LogP contribution < -0.4 is 10.6 Å². The molecule has 0 saturated carbocycles. The SMILES string of the molecule is CC(CCC(=O)O)NC(=O)N[CH]CCCSCc1ccnc([18F])c1. The van der Waals surface area contributed by atoms with Crippen LogP contribution in [0.2, 0.25) is 0 Å². The monoisotopic (exact) mass is 355 g/mol. The number of carbonyl (C=O) groups excluding carboxylic acids is 1. The molecular formula is C16H23FN3O3S. The first-order chi connectivity index (χ1) is 11.5. The second-order valence-electron chi connectivity index (χ2n) is 5.34. The summed E-state index contributed by atoms with van der Waals surface area (Å²) in [6, 6.07) is 2.70. The lowest BCUT2D eigenvalue weighted by molar-refractivity contribution is -0.137. The largest absolute Gasteiger partial charge is 0.481 e. The highest BCUT2D eigenvalue weighted by atomic mass is 32.2. The van der Waals surface area contributed by atoms with Crippen LogP contribution in [0, 0.1) is 12.5 Å². The van der Waals surface area contributed by atoms with Crippen LogP contribution in [0.3, 0.4) is 0 Å². The molecule has 1 aromatic rings. The number of hydrogen-bond donors (Lipinski definition) is 3. The van der Waals surface area contributed by atoms with E-state index in [2.05, 4.69) is 15.6 Å². The van der Waals surface area contributed by atoms with Crippen LogP contribution in [-0.4, -0.2) is 33.9 Å². The molecule has 1 unspecified atom stereocenters. The zero-order valence-corrected chi connectivity index (χ0v) is 14.4. The van der Waals surface area contributed by atoms with Crippen molar-refractivity contribution < 1.29 is 19.1 Å². The molecule has 0 aromatic carbocycles. The van der Waals surface area contributed by atoms with Gasteiger partial charge >= 0.3 is 12.0 Å². The molecule has 0 bridgehead atoms. The average Bonchev–Trinajstić information content (AvgIpc) is 2.52. The summed E-state index contributed by atoms with van der Waals surface area (Å²) in [7, 11) is 0. The van der Waals surface area contributed by atoms with Gasteiger partial charge < -0.3 is 15.7 Å². The van der Waals surface area contributed by atoms with Crippen molar-refractivity contribution in [1.29, 1.82) is 0 Å². The van der Waals surface area contributed by atoms with Crippen molar-refractivity contribution >= 4 is 23.8 Å². The normalized spacial score (nSPS) is 11.8. The van der Waals surface area contributed by atoms with Crippen LogP contribution in [0.25, 0.3) is 0 Å². The van der Waals surface area contributed by atoms with Gasteiger partial charge in [0.15, 0.2) is 0 Å². The predicted octanol–water partition coefficient (Wildman–Crippen LogP) is 2.95. The van der Waals surface area contributed by atoms with Crippen molar-refractivity contribution in [2.24, 2.45) is 0 Å². The summed E-state index contributed by atoms with van der Waals surface area (Å²) in [4.78, 5) is 25.5. The number of aliphatic carboxylic acids is 1. The van der Waals surface area contributed by atoms with E-state index in [0.29, 0.717) is 6.42 Å². The zero-order chi connectivity index (χ0) is 17.8. The predicted molar refractivity (Wildman–Crippen MR) is 91.9 cm³/mol. The number of pyridine rings is 1. The Kier molecular flexibility index (Phi) is 9.83. The molecule has 0 aliphatic carbocycles. The summed E-state index contributed by atoms with van der Waals surface area (Å²) in [6.45, 7) is 3.45. The molecule has 133 valence electrons. The summed E-state index contributed by atoms with van der Waals surface area (Å²) >= 11 is 1.70. The molecule has 1 radical (unpaired) electrons. The number of nitrogens with zero attached hydrogens (tertiary/aromatic N) is 1. The van der Waals surface area contributed by atoms with E-state index in [1.165, 1.54) is 12.3 Å². The van der Waals surface area contributed by atoms with Gasteiger partial charge in [0.05, 0.1) is 6.54 Å². The summed E-state index contributed by atoms with van der Waals surface area (Å²) in [5.41, 5.74) is 0.907. The van der Waals surface area contributed by atoms with E-state index in [1.54, 1.807) is 31.3 Å². The molecule has 0 spiro atoms. The maximum absolute atomic E-state index is 12.9. The number of urea groups is 1. The fourth-order valence-electron chi connectivity index (χ4n) is 1.85. The maximum Gasteiger partial charge on any atom is 0.315 e. The maximum atomic E-state index is 12.9. The number of thioether (sulfide) groups is 1. The van der Waals surface area contributed by atoms with Gasteiger partial charge in [0.2, 0.25) is 5.95 Å². The molecule has 1 heterocycles. The van der Waals surface area contributed by atoms with E-state index < -0.39 is 11.9 Å². The number of aromatic nitrogens is 1. The molecule has 0 saturated heterocycles. The minimum absolute atomic E-state index is 0.0315. The number of nitrogens with one attached hydrogen (secondary N) is 2. The van der Waals surface area contributed by atoms with Crippen molar-refractivity contribution in [3.63, 3.8) is 0 Å². The lowest BCUT2D eigenvalue weighted by Gasteiger charge is -2.13. The summed E-state index contributed by atoms with van der Waals surface area (Å²) < 4.78 is 12.9. The van der Waals surface area contributed by atoms with Gasteiger partial charge in [-0.25, -0.2) is 9.78 Å². The van der Waals surface area contributed by atoms with Gasteiger partial charge in [-0.15, -0.1) is 0 Å². The molecule has 1 aromatic heterocycles. The number of halogens is 1. The molecule has 6 nitrogen and oxygen atoms in total. The van der Waals surface area contributed by atoms with E-state index in [-0.39, 0.29) is 18.5 Å². The van der Waals surface area contributed by atoms with Gasteiger partial charge in [0, 0.05) is 24.4 Å². The lowest BCUT2D eigenvalue weighted by Crippen LogP contribution is -2.39. The smallest absolute Gasteiger partial charge is 0.315 e. The van der Waals surface area contributed by atoms with Crippen molar-refractivity contribution in [1.82, 2.24) is 15.6 Å². The fraction of sp³-hybridized carbons (Fsp3) is 0.500. The van der Waals surface area contributed by atoms with Crippen molar-refractivity contribution in [2.45, 2.75) is 44.4 Å². The van der Waals surface area contributed by atoms with E-state index >= 15 is 0 Å². The Labute approximate surface area is 145 Å². The molecule has 1 rings (SSSR count). The Balaban J connectivity index is 1.99. The number of unbranched alkanes of at least 4 members (excludes halogenated alkanes) is 1. The molecule has 2 amide bonds. The van der Waals surface area contributed by atoms with Gasteiger partial charge in [-0.2, -0.15) is 16.2 Å². The highest BCUT2D eigenvalue weighted by molar-refractivity contribution is 7.98. The van der Waals surface area contributed by atoms with Gasteiger partial charge in [-0.3, -0.25) is 4.79 Å². The van der Waals surface area contributed by atoms with E-state index in [4.69, 9.17) is 5.11 Å². The van der Waals surface area contributed by atoms with Crippen molar-refractivity contribution in [3.05, 3.63) is 36.4 Å². The fourth-order valence-corrected chi connectivity index (χ4v) is 2.78. The Hall–Kier alpha value is -1.83. The number of carboxylic acids is 1. The highest BCUT2D eigenvalue weighted by Gasteiger charge is 2.08. The Bertz CT molecular complexity index is 531. The third-order valence-corrected chi connectivity index (χ3v) is 4.21. The molecule has 24 heavy (non-hydrogen) atoms. The molecule has 3 N–H and O–H groups in total. The quantitative estimate of drug-likeness (QED) is 0.419. The summed E-state index contributed by atoms with van der Waals surface area (Å²) in [5, 5.41) is 13.9. The first-order valence-electron chi connectivity index (χ1n) is 7.76. The second-order valence-corrected chi connectivity index (χ2v) is 6.44. The number of carbonyl (C=O) groups is 2. The number of rotatable bonds is 11. The molecule has 0 fully saturated rings. The topological polar surface area (TPSA) is 91.3 Å². The number of carboxylic acid groups (broad SMARTS) is 1. The Morgan fingerprint density at radius 1 is 1.50 bits per heavy atom. The lowest BCUT2D eigenvalue weighted by atomic mass is 10.2. The van der Waals surface area contributed by atoms with Crippen molar-refractivity contribution in [2.75, 3.05) is 5.75 Å². The van der Waals surface area contributed by atoms with Crippen LogP contribution in [0.1, 0.15) is 38.2 Å². The second kappa shape index (κ2) is 11.7. The number of hydrogen-bond acceptors (Lipinski definition) is 4. The van der Waals surface area contributed by atoms with Crippen LogP contribution in [0.15, 0.2) is 18.3 Å². The molecule has 0 aliphatic rings. The van der Waals surface area contributed by atoms with Crippen molar-refractivity contribution in [3.8, 4) is 0 Å². The first-order valence-corrected chi connectivity index (χ1v) is 8.91. The first kappa shape index (κ1) is 20.2. The highest BCUT2D eigenvalue weighted by Crippen LogP contribution is 2.14. The third-order valence-electron chi connectivity index (χ3n) is 3.10. The van der Waals surface area contributed by atoms with Crippen LogP contribution in [0.5, 0.6) is 0 Å². The van der Waals surface area contributed by atoms with Gasteiger partial charge in [-0.1, -0.05) is 0 Å². The van der Waals surface area contributed by atoms with Gasteiger partial charge in [0.1, 0.15) is 0 Å². The van der Waals surface area contributed by atoms with E-state index in [0.717, 1.165) is 29.9 Å². The zero-order valence-electron chi connectivity index (χ0n) is 13.6. The summed E-state index contributed by atoms with van der Waals surface area (Å²) in [5.74, 6) is 0.296. The van der Waals surface area contributed by atoms with Gasteiger partial charge in [-0.05, 0) is 49.6 Å². The van der Waals surface area contributed by atoms with E-state index in [1.807, 2.05) is 0 Å². The van der Waals surface area contributed by atoms with Crippen LogP contribution in [0.4, 0.5) is 9.18 Å². The Morgan fingerprint density at radius 3 is 3.00 bits per heavy atom. The standard InChI is InChI=1S/C16H23FN3O3S/c1-12(4-5-15(21)22)20-16(23)19-7-2-3-9-24-11-13-6-8-18-14(17)10-13/h6-8,10,12H,2-5,9,11H2,1H3,(H,21,22)(H2,19,20,23)/i17-1. The summed E-state index contributed by atoms with van der Waals surface area (Å²) in [6.07, 6.45) is 3.51.